The second-order valence-electron chi connectivity index (χ2n) is 13.3. The highest BCUT2D eigenvalue weighted by Crippen LogP contribution is 2.55. The van der Waals surface area contributed by atoms with Gasteiger partial charge in [-0.05, 0) is 71.0 Å². The van der Waals surface area contributed by atoms with Gasteiger partial charge >= 0.3 is 0 Å². The number of hydrogen-bond acceptors (Lipinski definition) is 0. The summed E-state index contributed by atoms with van der Waals surface area (Å²) in [5, 5.41) is 0. The van der Waals surface area contributed by atoms with E-state index in [1.54, 1.807) is 0 Å². The standard InChI is InChI=1S/C24H48/c1-21(2,3)16-20(24(10,11)12)17-13-14-18(22(4,5)6)19(15-17)23(7,8)9/h17-20H,13-16H2,1-12H3. The largest absolute Gasteiger partial charge is 0.0602 e. The first-order chi connectivity index (χ1) is 10.4. The molecule has 1 saturated carbocycles. The Balaban J connectivity index is 3.09. The maximum atomic E-state index is 2.48. The summed E-state index contributed by atoms with van der Waals surface area (Å²) in [7, 11) is 0. The molecule has 1 rings (SSSR count). The molecule has 0 heteroatoms. The Bertz CT molecular complexity index is 376. The van der Waals surface area contributed by atoms with Crippen molar-refractivity contribution in [2.24, 2.45) is 45.3 Å². The van der Waals surface area contributed by atoms with Crippen LogP contribution in [0.4, 0.5) is 0 Å². The molecule has 1 aliphatic rings. The minimum atomic E-state index is 0.412. The van der Waals surface area contributed by atoms with Gasteiger partial charge in [-0.25, -0.2) is 0 Å². The van der Waals surface area contributed by atoms with E-state index in [1.807, 2.05) is 0 Å². The van der Waals surface area contributed by atoms with Crippen LogP contribution in [0.25, 0.3) is 0 Å². The molecule has 0 bridgehead atoms. The summed E-state index contributed by atoms with van der Waals surface area (Å²) in [6.07, 6.45) is 5.65. The van der Waals surface area contributed by atoms with Crippen LogP contribution in [0.3, 0.4) is 0 Å². The predicted molar refractivity (Wildman–Crippen MR) is 110 cm³/mol. The SMILES string of the molecule is CC(C)(C)CC(C1CCC(C(C)(C)C)C(C(C)(C)C)C1)C(C)(C)C. The van der Waals surface area contributed by atoms with Gasteiger partial charge in [0.05, 0.1) is 0 Å². The minimum Gasteiger partial charge on any atom is -0.0602 e. The molecule has 0 spiro atoms. The topological polar surface area (TPSA) is 0 Å². The van der Waals surface area contributed by atoms with Crippen molar-refractivity contribution in [2.45, 2.75) is 109 Å². The Kier molecular flexibility index (Phi) is 6.39. The highest BCUT2D eigenvalue weighted by molar-refractivity contribution is 4.95. The molecular weight excluding hydrogens is 288 g/mol. The fourth-order valence-electron chi connectivity index (χ4n) is 5.40. The summed E-state index contributed by atoms with van der Waals surface area (Å²) in [5.74, 6) is 3.44. The summed E-state index contributed by atoms with van der Waals surface area (Å²) in [6.45, 7) is 29.5. The van der Waals surface area contributed by atoms with Crippen LogP contribution >= 0.6 is 0 Å². The molecule has 0 aromatic carbocycles. The fraction of sp³-hybridized carbons (Fsp3) is 1.00. The van der Waals surface area contributed by atoms with E-state index in [0.29, 0.717) is 21.7 Å². The van der Waals surface area contributed by atoms with Crippen molar-refractivity contribution in [3.8, 4) is 0 Å². The minimum absolute atomic E-state index is 0.412. The average molecular weight is 337 g/mol. The van der Waals surface area contributed by atoms with Gasteiger partial charge < -0.3 is 0 Å². The molecule has 0 aliphatic heterocycles. The third-order valence-corrected chi connectivity index (χ3v) is 6.63. The smallest absolute Gasteiger partial charge is 0.0329 e. The first-order valence-electron chi connectivity index (χ1n) is 10.4. The molecule has 0 nitrogen and oxygen atoms in total. The van der Waals surface area contributed by atoms with Crippen molar-refractivity contribution < 1.29 is 0 Å². The Morgan fingerprint density at radius 2 is 1.12 bits per heavy atom. The van der Waals surface area contributed by atoms with Crippen LogP contribution in [0.5, 0.6) is 0 Å². The lowest BCUT2D eigenvalue weighted by atomic mass is 9.53. The van der Waals surface area contributed by atoms with Crippen molar-refractivity contribution in [2.75, 3.05) is 0 Å². The molecule has 0 saturated heterocycles. The summed E-state index contributed by atoms with van der Waals surface area (Å²) in [4.78, 5) is 0. The summed E-state index contributed by atoms with van der Waals surface area (Å²) in [6, 6.07) is 0. The van der Waals surface area contributed by atoms with Gasteiger partial charge in [-0.1, -0.05) is 83.1 Å². The molecule has 144 valence electrons. The molecule has 4 unspecified atom stereocenters. The zero-order valence-electron chi connectivity index (χ0n) is 19.1. The van der Waals surface area contributed by atoms with E-state index in [2.05, 4.69) is 83.1 Å². The van der Waals surface area contributed by atoms with Crippen LogP contribution in [0, 0.1) is 45.3 Å². The monoisotopic (exact) mass is 336 g/mol. The zero-order valence-corrected chi connectivity index (χ0v) is 19.1. The third-order valence-electron chi connectivity index (χ3n) is 6.63. The van der Waals surface area contributed by atoms with Crippen LogP contribution in [0.2, 0.25) is 0 Å². The van der Waals surface area contributed by atoms with Gasteiger partial charge in [0, 0.05) is 0 Å². The molecule has 0 aromatic rings. The Morgan fingerprint density at radius 3 is 1.46 bits per heavy atom. The van der Waals surface area contributed by atoms with Crippen molar-refractivity contribution in [3.63, 3.8) is 0 Å². The second kappa shape index (κ2) is 6.96. The van der Waals surface area contributed by atoms with Crippen molar-refractivity contribution >= 4 is 0 Å². The molecule has 4 atom stereocenters. The van der Waals surface area contributed by atoms with Crippen molar-refractivity contribution in [3.05, 3.63) is 0 Å². The van der Waals surface area contributed by atoms with Gasteiger partial charge in [-0.3, -0.25) is 0 Å². The zero-order chi connectivity index (χ0) is 19.1. The lowest BCUT2D eigenvalue weighted by molar-refractivity contribution is -0.0261. The Morgan fingerprint density at radius 1 is 0.667 bits per heavy atom. The van der Waals surface area contributed by atoms with Crippen LogP contribution in [0.1, 0.15) is 109 Å². The lowest BCUT2D eigenvalue weighted by Gasteiger charge is -2.52. The molecular formula is C24H48. The quantitative estimate of drug-likeness (QED) is 0.476. The van der Waals surface area contributed by atoms with E-state index in [4.69, 9.17) is 0 Å². The van der Waals surface area contributed by atoms with Crippen molar-refractivity contribution in [1.29, 1.82) is 0 Å². The molecule has 0 heterocycles. The van der Waals surface area contributed by atoms with Crippen LogP contribution in [0.15, 0.2) is 0 Å². The first kappa shape index (κ1) is 22.0. The van der Waals surface area contributed by atoms with E-state index < -0.39 is 0 Å². The average Bonchev–Trinajstić information content (AvgIpc) is 2.30. The molecule has 0 N–H and O–H groups in total. The van der Waals surface area contributed by atoms with Crippen molar-refractivity contribution in [1.82, 2.24) is 0 Å². The van der Waals surface area contributed by atoms with E-state index in [0.717, 1.165) is 23.7 Å². The van der Waals surface area contributed by atoms with Gasteiger partial charge in [0.1, 0.15) is 0 Å². The van der Waals surface area contributed by atoms with E-state index in [9.17, 15) is 0 Å². The van der Waals surface area contributed by atoms with Gasteiger partial charge in [0.15, 0.2) is 0 Å². The maximum Gasteiger partial charge on any atom is -0.0329 e. The Hall–Kier alpha value is 0. The number of rotatable bonds is 2. The lowest BCUT2D eigenvalue weighted by Crippen LogP contribution is -2.44. The summed E-state index contributed by atoms with van der Waals surface area (Å²) < 4.78 is 0. The molecule has 1 fully saturated rings. The predicted octanol–water partition coefficient (Wildman–Crippen LogP) is 8.21. The van der Waals surface area contributed by atoms with Gasteiger partial charge in [0.25, 0.3) is 0 Å². The highest BCUT2D eigenvalue weighted by atomic mass is 14.5. The fourth-order valence-corrected chi connectivity index (χ4v) is 5.40. The van der Waals surface area contributed by atoms with Gasteiger partial charge in [-0.15, -0.1) is 0 Å². The van der Waals surface area contributed by atoms with Gasteiger partial charge in [0.2, 0.25) is 0 Å². The van der Waals surface area contributed by atoms with Crippen LogP contribution in [-0.2, 0) is 0 Å². The summed E-state index contributed by atoms with van der Waals surface area (Å²) >= 11 is 0. The Labute approximate surface area is 154 Å². The molecule has 0 aromatic heterocycles. The third kappa shape index (κ3) is 6.06. The van der Waals surface area contributed by atoms with Gasteiger partial charge in [-0.2, -0.15) is 0 Å². The van der Waals surface area contributed by atoms with Crippen LogP contribution in [-0.4, -0.2) is 0 Å². The second-order valence-corrected chi connectivity index (χ2v) is 13.3. The summed E-state index contributed by atoms with van der Waals surface area (Å²) in [5.41, 5.74) is 1.69. The molecule has 0 radical (unpaired) electrons. The highest BCUT2D eigenvalue weighted by Gasteiger charge is 2.46. The molecule has 1 aliphatic carbocycles. The first-order valence-corrected chi connectivity index (χ1v) is 10.4. The molecule has 24 heavy (non-hydrogen) atoms. The van der Waals surface area contributed by atoms with E-state index in [-0.39, 0.29) is 0 Å². The maximum absolute atomic E-state index is 2.48. The normalized spacial score (nSPS) is 28.8. The van der Waals surface area contributed by atoms with E-state index >= 15 is 0 Å². The molecule has 0 amide bonds. The van der Waals surface area contributed by atoms with E-state index in [1.165, 1.54) is 25.7 Å². The van der Waals surface area contributed by atoms with Crippen LogP contribution < -0.4 is 0 Å². The number of hydrogen-bond donors (Lipinski definition) is 0.